The zero-order valence-corrected chi connectivity index (χ0v) is 18.9. The van der Waals surface area contributed by atoms with Gasteiger partial charge >= 0.3 is 0 Å². The summed E-state index contributed by atoms with van der Waals surface area (Å²) in [6, 6.07) is 10.7. The summed E-state index contributed by atoms with van der Waals surface area (Å²) >= 11 is 0. The summed E-state index contributed by atoms with van der Waals surface area (Å²) in [5, 5.41) is 13.3. The van der Waals surface area contributed by atoms with Crippen LogP contribution in [-0.4, -0.2) is 53.4 Å². The molecule has 172 valence electrons. The van der Waals surface area contributed by atoms with E-state index in [2.05, 4.69) is 35.0 Å². The summed E-state index contributed by atoms with van der Waals surface area (Å²) in [5.41, 5.74) is 7.89. The third kappa shape index (κ3) is 5.03. The Hall–Kier alpha value is -3.73. The molecule has 0 spiro atoms. The second kappa shape index (κ2) is 10.3. The van der Waals surface area contributed by atoms with Gasteiger partial charge in [-0.2, -0.15) is 5.26 Å². The molecule has 8 heteroatoms. The van der Waals surface area contributed by atoms with Crippen LogP contribution in [0.1, 0.15) is 32.1 Å². The number of rotatable bonds is 6. The van der Waals surface area contributed by atoms with Gasteiger partial charge in [-0.15, -0.1) is 0 Å². The van der Waals surface area contributed by atoms with Gasteiger partial charge in [0.2, 0.25) is 5.91 Å². The van der Waals surface area contributed by atoms with E-state index in [1.165, 1.54) is 19.0 Å². The Bertz CT molecular complexity index is 1110. The number of fused-ring (bicyclic) bond motifs is 1. The predicted molar refractivity (Wildman–Crippen MR) is 132 cm³/mol. The molecule has 0 radical (unpaired) electrons. The fraction of sp³-hybridized carbons (Fsp3) is 0.400. The largest absolute Gasteiger partial charge is 0.404 e. The van der Waals surface area contributed by atoms with Crippen molar-refractivity contribution in [3.63, 3.8) is 0 Å². The zero-order chi connectivity index (χ0) is 23.2. The first-order chi connectivity index (χ1) is 16.1. The first-order valence-electron chi connectivity index (χ1n) is 11.5. The minimum Gasteiger partial charge on any atom is -0.404 e. The van der Waals surface area contributed by atoms with Crippen molar-refractivity contribution in [1.29, 1.82) is 5.26 Å². The van der Waals surface area contributed by atoms with Crippen LogP contribution < -0.4 is 16.0 Å². The monoisotopic (exact) mass is 445 g/mol. The molecule has 1 aromatic heterocycles. The first-order valence-corrected chi connectivity index (χ1v) is 11.5. The molecule has 8 nitrogen and oxygen atoms in total. The minimum atomic E-state index is -0.0950. The van der Waals surface area contributed by atoms with Crippen LogP contribution in [0.5, 0.6) is 0 Å². The number of aliphatic imine (C=N–C) groups is 1. The van der Waals surface area contributed by atoms with Crippen LogP contribution in [0.25, 0.3) is 10.9 Å². The van der Waals surface area contributed by atoms with E-state index in [1.54, 1.807) is 11.0 Å². The summed E-state index contributed by atoms with van der Waals surface area (Å²) in [6.07, 6.45) is 10.0. The fourth-order valence-electron chi connectivity index (χ4n) is 4.74. The van der Waals surface area contributed by atoms with Crippen molar-refractivity contribution in [3.8, 4) is 6.07 Å². The average Bonchev–Trinajstić information content (AvgIpc) is 3.49. The highest BCUT2D eigenvalue weighted by Gasteiger charge is 2.22. The summed E-state index contributed by atoms with van der Waals surface area (Å²) in [4.78, 5) is 20.8. The van der Waals surface area contributed by atoms with E-state index in [-0.39, 0.29) is 12.3 Å². The lowest BCUT2D eigenvalue weighted by Gasteiger charge is -2.36. The topological polar surface area (TPSA) is 103 Å². The highest BCUT2D eigenvalue weighted by molar-refractivity contribution is 6.04. The van der Waals surface area contributed by atoms with Crippen molar-refractivity contribution in [2.24, 2.45) is 10.7 Å². The molecule has 1 aliphatic carbocycles. The molecule has 0 unspecified atom stereocenters. The van der Waals surface area contributed by atoms with Gasteiger partial charge in [-0.05, 0) is 43.3 Å². The number of amides is 1. The van der Waals surface area contributed by atoms with Crippen LogP contribution in [0.3, 0.4) is 0 Å². The Labute approximate surface area is 194 Å². The van der Waals surface area contributed by atoms with Gasteiger partial charge in [0, 0.05) is 49.5 Å². The van der Waals surface area contributed by atoms with Gasteiger partial charge in [-0.1, -0.05) is 25.5 Å². The predicted octanol–water partition coefficient (Wildman–Crippen LogP) is 2.93. The van der Waals surface area contributed by atoms with E-state index in [1.807, 2.05) is 22.9 Å². The normalized spacial score (nSPS) is 17.6. The van der Waals surface area contributed by atoms with Crippen molar-refractivity contribution in [3.05, 3.63) is 55.1 Å². The number of carbonyl (C=O) groups excluding carboxylic acids is 1. The maximum atomic E-state index is 12.0. The Morgan fingerprint density at radius 3 is 2.70 bits per heavy atom. The van der Waals surface area contributed by atoms with Crippen molar-refractivity contribution in [1.82, 2.24) is 14.8 Å². The number of benzene rings is 1. The molecule has 1 saturated carbocycles. The molecule has 4 rings (SSSR count). The van der Waals surface area contributed by atoms with Gasteiger partial charge < -0.3 is 25.4 Å². The molecule has 1 saturated heterocycles. The maximum Gasteiger partial charge on any atom is 0.236 e. The summed E-state index contributed by atoms with van der Waals surface area (Å²) in [5.74, 6) is 1.25. The number of carbonyl (C=O) groups is 1. The lowest BCUT2D eigenvalue weighted by molar-refractivity contribution is -0.130. The lowest BCUT2D eigenvalue weighted by atomic mass is 10.1. The molecular weight excluding hydrogens is 414 g/mol. The Kier molecular flexibility index (Phi) is 6.98. The van der Waals surface area contributed by atoms with Gasteiger partial charge in [0.25, 0.3) is 0 Å². The number of nitrogens with zero attached hydrogens (tertiary/aromatic N) is 5. The van der Waals surface area contributed by atoms with E-state index in [0.29, 0.717) is 30.8 Å². The maximum absolute atomic E-state index is 12.0. The van der Waals surface area contributed by atoms with Crippen LogP contribution in [0.15, 0.2) is 60.1 Å². The highest BCUT2D eigenvalue weighted by atomic mass is 16.2. The Balaban J connectivity index is 1.56. The van der Waals surface area contributed by atoms with Crippen LogP contribution in [0.4, 0.5) is 5.69 Å². The smallest absolute Gasteiger partial charge is 0.236 e. The number of anilines is 1. The number of nitrogens with one attached hydrogen (secondary N) is 1. The molecular formula is C25H31N7O. The van der Waals surface area contributed by atoms with Crippen LogP contribution in [0.2, 0.25) is 0 Å². The van der Waals surface area contributed by atoms with Crippen molar-refractivity contribution < 1.29 is 4.79 Å². The molecule has 2 aliphatic rings. The summed E-state index contributed by atoms with van der Waals surface area (Å²) in [7, 11) is 0. The van der Waals surface area contributed by atoms with Gasteiger partial charge in [0.05, 0.1) is 11.6 Å². The van der Waals surface area contributed by atoms with Crippen LogP contribution in [-0.2, 0) is 4.79 Å². The Morgan fingerprint density at radius 1 is 1.24 bits per heavy atom. The number of piperazine rings is 1. The number of nitrogens with two attached hydrogens (primary N) is 1. The van der Waals surface area contributed by atoms with E-state index in [4.69, 9.17) is 16.0 Å². The van der Waals surface area contributed by atoms with Gasteiger partial charge in [0.1, 0.15) is 18.1 Å². The SMILES string of the molecule is C=C(N=C(/C=C\N)n1ccc2c(N3CCN(C(=O)CC#N)CC3)cccc21)NC1CCCC1. The second-order valence-electron chi connectivity index (χ2n) is 8.50. The third-order valence-electron chi connectivity index (χ3n) is 6.38. The molecule has 1 aromatic carbocycles. The number of allylic oxidation sites excluding steroid dienone is 1. The summed E-state index contributed by atoms with van der Waals surface area (Å²) < 4.78 is 2.02. The molecule has 2 heterocycles. The van der Waals surface area contributed by atoms with Crippen LogP contribution >= 0.6 is 0 Å². The van der Waals surface area contributed by atoms with Crippen LogP contribution in [0, 0.1) is 11.3 Å². The quantitative estimate of drug-likeness (QED) is 0.526. The number of hydrogen-bond acceptors (Lipinski definition) is 6. The van der Waals surface area contributed by atoms with Crippen molar-refractivity contribution in [2.45, 2.75) is 38.1 Å². The number of hydrogen-bond donors (Lipinski definition) is 2. The number of aromatic nitrogens is 1. The van der Waals surface area contributed by atoms with Crippen molar-refractivity contribution >= 4 is 28.3 Å². The van der Waals surface area contributed by atoms with E-state index >= 15 is 0 Å². The van der Waals surface area contributed by atoms with Crippen molar-refractivity contribution in [2.75, 3.05) is 31.1 Å². The molecule has 2 aromatic rings. The highest BCUT2D eigenvalue weighted by Crippen LogP contribution is 2.29. The molecule has 3 N–H and O–H groups in total. The molecule has 33 heavy (non-hydrogen) atoms. The Morgan fingerprint density at radius 2 is 2.00 bits per heavy atom. The van der Waals surface area contributed by atoms with Gasteiger partial charge in [-0.25, -0.2) is 4.99 Å². The average molecular weight is 446 g/mol. The van der Waals surface area contributed by atoms with E-state index < -0.39 is 0 Å². The lowest BCUT2D eigenvalue weighted by Crippen LogP contribution is -2.48. The number of nitriles is 1. The summed E-state index contributed by atoms with van der Waals surface area (Å²) in [6.45, 7) is 6.80. The molecule has 1 aliphatic heterocycles. The minimum absolute atomic E-state index is 0.0594. The first kappa shape index (κ1) is 22.5. The van der Waals surface area contributed by atoms with E-state index in [9.17, 15) is 4.79 Å². The molecule has 1 amide bonds. The fourth-order valence-corrected chi connectivity index (χ4v) is 4.74. The second-order valence-corrected chi connectivity index (χ2v) is 8.50. The molecule has 0 atom stereocenters. The van der Waals surface area contributed by atoms with Gasteiger partial charge in [0.15, 0.2) is 0 Å². The third-order valence-corrected chi connectivity index (χ3v) is 6.38. The molecule has 0 bridgehead atoms. The standard InChI is InChI=1S/C25H31N7O/c1-19(28-20-5-2-3-6-20)29-24(9-12-26)32-14-11-21-22(7-4-8-23(21)32)30-15-17-31(18-16-30)25(33)10-13-27/h4,7-9,11-12,14,20,28H,1-3,5-6,10,15-18,26H2/b12-9-,29-24?. The van der Waals surface area contributed by atoms with Gasteiger partial charge in [-0.3, -0.25) is 4.79 Å². The van der Waals surface area contributed by atoms with E-state index in [0.717, 1.165) is 42.5 Å². The zero-order valence-electron chi connectivity index (χ0n) is 18.9. The molecule has 2 fully saturated rings.